The van der Waals surface area contributed by atoms with Crippen LogP contribution in [0.1, 0.15) is 65.7 Å². The van der Waals surface area contributed by atoms with Crippen LogP contribution in [0, 0.1) is 11.3 Å². The highest BCUT2D eigenvalue weighted by atomic mass is 16.5. The third-order valence-electron chi connectivity index (χ3n) is 5.41. The normalized spacial score (nSPS) is 39.9. The van der Waals surface area contributed by atoms with E-state index in [-0.39, 0.29) is 17.6 Å². The second-order valence-electron chi connectivity index (χ2n) is 7.61. The van der Waals surface area contributed by atoms with Crippen LogP contribution in [-0.4, -0.2) is 34.6 Å². The first-order chi connectivity index (χ1) is 8.83. The molecule has 2 rings (SSSR count). The van der Waals surface area contributed by atoms with Crippen LogP contribution in [-0.2, 0) is 4.74 Å². The number of hydrogen-bond donors (Lipinski definition) is 2. The molecule has 0 aromatic rings. The third kappa shape index (κ3) is 2.84. The van der Waals surface area contributed by atoms with Crippen LogP contribution in [0.5, 0.6) is 0 Å². The van der Waals surface area contributed by atoms with Gasteiger partial charge in [-0.3, -0.25) is 0 Å². The maximum atomic E-state index is 11.1. The van der Waals surface area contributed by atoms with Gasteiger partial charge >= 0.3 is 0 Å². The molecule has 0 aromatic carbocycles. The lowest BCUT2D eigenvalue weighted by atomic mass is 9.59. The van der Waals surface area contributed by atoms with E-state index in [4.69, 9.17) is 9.84 Å². The molecule has 2 fully saturated rings. The van der Waals surface area contributed by atoms with Gasteiger partial charge in [-0.25, -0.2) is 0 Å². The van der Waals surface area contributed by atoms with Crippen molar-refractivity contribution in [1.29, 1.82) is 0 Å². The Morgan fingerprint density at radius 2 is 2.00 bits per heavy atom. The molecule has 19 heavy (non-hydrogen) atoms. The smallest absolute Gasteiger partial charge is 0.0971 e. The van der Waals surface area contributed by atoms with E-state index >= 15 is 0 Å². The van der Waals surface area contributed by atoms with Gasteiger partial charge in [0.05, 0.1) is 11.2 Å². The largest absolute Gasteiger partial charge is 0.396 e. The number of aliphatic hydroxyl groups is 2. The third-order valence-corrected chi connectivity index (χ3v) is 5.41. The van der Waals surface area contributed by atoms with Gasteiger partial charge in [-0.05, 0) is 56.3 Å². The van der Waals surface area contributed by atoms with Crippen LogP contribution >= 0.6 is 0 Å². The maximum absolute atomic E-state index is 11.1. The Kier molecular flexibility index (Phi) is 4.29. The van der Waals surface area contributed by atoms with Crippen molar-refractivity contribution in [3.8, 4) is 0 Å². The maximum Gasteiger partial charge on any atom is 0.0971 e. The molecule has 1 heterocycles. The Bertz CT molecular complexity index is 302. The standard InChI is InChI=1S/C16H30O3/c1-14(2,3)13-6-9-15(18,7-4-10-17)16(12-13)8-5-11-19-16/h13,17-18H,4-12H2,1-3H3/t13-,15+,16-/m0/s1. The minimum absolute atomic E-state index is 0.154. The molecule has 1 saturated carbocycles. The highest BCUT2D eigenvalue weighted by molar-refractivity contribution is 5.08. The van der Waals surface area contributed by atoms with E-state index in [1.165, 1.54) is 0 Å². The first-order valence-electron chi connectivity index (χ1n) is 7.80. The van der Waals surface area contributed by atoms with Crippen molar-refractivity contribution in [2.45, 2.75) is 76.9 Å². The van der Waals surface area contributed by atoms with Crippen molar-refractivity contribution in [1.82, 2.24) is 0 Å². The molecule has 2 aliphatic rings. The van der Waals surface area contributed by atoms with Gasteiger partial charge in [0.25, 0.3) is 0 Å². The number of hydrogen-bond acceptors (Lipinski definition) is 3. The minimum Gasteiger partial charge on any atom is -0.396 e. The molecular weight excluding hydrogens is 240 g/mol. The van der Waals surface area contributed by atoms with Crippen molar-refractivity contribution in [2.75, 3.05) is 13.2 Å². The summed E-state index contributed by atoms with van der Waals surface area (Å²) >= 11 is 0. The molecule has 0 amide bonds. The molecule has 0 bridgehead atoms. The number of rotatable bonds is 3. The van der Waals surface area contributed by atoms with E-state index in [9.17, 15) is 5.11 Å². The van der Waals surface area contributed by atoms with Crippen molar-refractivity contribution in [3.63, 3.8) is 0 Å². The molecular formula is C16H30O3. The van der Waals surface area contributed by atoms with Crippen molar-refractivity contribution in [3.05, 3.63) is 0 Å². The van der Waals surface area contributed by atoms with Gasteiger partial charge in [0.2, 0.25) is 0 Å². The average Bonchev–Trinajstić information content (AvgIpc) is 2.79. The van der Waals surface area contributed by atoms with Crippen molar-refractivity contribution in [2.24, 2.45) is 11.3 Å². The Hall–Kier alpha value is -0.120. The Morgan fingerprint density at radius 1 is 1.26 bits per heavy atom. The Morgan fingerprint density at radius 3 is 2.53 bits per heavy atom. The van der Waals surface area contributed by atoms with Crippen LogP contribution < -0.4 is 0 Å². The Labute approximate surface area is 117 Å². The van der Waals surface area contributed by atoms with Crippen LogP contribution in [0.3, 0.4) is 0 Å². The molecule has 1 aliphatic heterocycles. The lowest BCUT2D eigenvalue weighted by molar-refractivity contribution is -0.203. The summed E-state index contributed by atoms with van der Waals surface area (Å²) in [6.07, 6.45) is 6.21. The predicted molar refractivity (Wildman–Crippen MR) is 76.0 cm³/mol. The van der Waals surface area contributed by atoms with E-state index in [1.54, 1.807) is 0 Å². The molecule has 3 atom stereocenters. The number of aliphatic hydroxyl groups excluding tert-OH is 1. The second-order valence-corrected chi connectivity index (χ2v) is 7.61. The summed E-state index contributed by atoms with van der Waals surface area (Å²) < 4.78 is 6.09. The topological polar surface area (TPSA) is 49.7 Å². The van der Waals surface area contributed by atoms with Crippen LogP contribution in [0.4, 0.5) is 0 Å². The predicted octanol–water partition coefficient (Wildman–Crippen LogP) is 2.89. The lowest BCUT2D eigenvalue weighted by Gasteiger charge is -2.53. The summed E-state index contributed by atoms with van der Waals surface area (Å²) in [6.45, 7) is 7.80. The fourth-order valence-electron chi connectivity index (χ4n) is 4.02. The fourth-order valence-corrected chi connectivity index (χ4v) is 4.02. The Balaban J connectivity index is 2.18. The van der Waals surface area contributed by atoms with Gasteiger partial charge in [-0.2, -0.15) is 0 Å². The molecule has 0 aromatic heterocycles. The summed E-state index contributed by atoms with van der Waals surface area (Å²) in [6, 6.07) is 0. The van der Waals surface area contributed by atoms with Crippen LogP contribution in [0.2, 0.25) is 0 Å². The zero-order valence-corrected chi connectivity index (χ0v) is 12.7. The van der Waals surface area contributed by atoms with E-state index in [0.717, 1.165) is 38.7 Å². The lowest BCUT2D eigenvalue weighted by Crippen LogP contribution is -2.58. The van der Waals surface area contributed by atoms with Gasteiger partial charge in [-0.1, -0.05) is 20.8 Å². The van der Waals surface area contributed by atoms with E-state index in [1.807, 2.05) is 0 Å². The zero-order valence-electron chi connectivity index (χ0n) is 12.7. The van der Waals surface area contributed by atoms with E-state index in [0.29, 0.717) is 18.8 Å². The monoisotopic (exact) mass is 270 g/mol. The summed E-state index contributed by atoms with van der Waals surface area (Å²) in [5, 5.41) is 20.2. The molecule has 2 N–H and O–H groups in total. The molecule has 3 heteroatoms. The quantitative estimate of drug-likeness (QED) is 0.829. The average molecular weight is 270 g/mol. The summed E-state index contributed by atoms with van der Waals surface area (Å²) in [5.41, 5.74) is -0.802. The van der Waals surface area contributed by atoms with Gasteiger partial charge in [0.15, 0.2) is 0 Å². The minimum atomic E-state index is -0.728. The molecule has 0 radical (unpaired) electrons. The molecule has 0 unspecified atom stereocenters. The first kappa shape index (κ1) is 15.3. The summed E-state index contributed by atoms with van der Waals surface area (Å²) in [4.78, 5) is 0. The van der Waals surface area contributed by atoms with Crippen molar-refractivity contribution < 1.29 is 14.9 Å². The van der Waals surface area contributed by atoms with E-state index in [2.05, 4.69) is 20.8 Å². The molecule has 1 spiro atoms. The molecule has 112 valence electrons. The first-order valence-corrected chi connectivity index (χ1v) is 7.80. The molecule has 3 nitrogen and oxygen atoms in total. The summed E-state index contributed by atoms with van der Waals surface area (Å²) in [7, 11) is 0. The van der Waals surface area contributed by atoms with Gasteiger partial charge in [-0.15, -0.1) is 0 Å². The van der Waals surface area contributed by atoms with Crippen molar-refractivity contribution >= 4 is 0 Å². The second kappa shape index (κ2) is 5.34. The zero-order chi connectivity index (χ0) is 14.1. The molecule has 1 aliphatic carbocycles. The van der Waals surface area contributed by atoms with Crippen LogP contribution in [0.25, 0.3) is 0 Å². The SMILES string of the molecule is CC(C)(C)[C@H]1CC[C@](O)(CCCO)[C@]2(CCCO2)C1. The summed E-state index contributed by atoms with van der Waals surface area (Å²) in [5.74, 6) is 0.611. The van der Waals surface area contributed by atoms with Gasteiger partial charge in [0, 0.05) is 13.2 Å². The van der Waals surface area contributed by atoms with Gasteiger partial charge < -0.3 is 14.9 Å². The highest BCUT2D eigenvalue weighted by Crippen LogP contribution is 2.53. The molecule has 1 saturated heterocycles. The van der Waals surface area contributed by atoms with Crippen LogP contribution in [0.15, 0.2) is 0 Å². The van der Waals surface area contributed by atoms with Gasteiger partial charge in [0.1, 0.15) is 0 Å². The number of ether oxygens (including phenoxy) is 1. The highest BCUT2D eigenvalue weighted by Gasteiger charge is 2.57. The van der Waals surface area contributed by atoms with E-state index < -0.39 is 5.60 Å². The fraction of sp³-hybridized carbons (Fsp3) is 1.00.